The minimum atomic E-state index is -0.284. The highest BCUT2D eigenvalue weighted by Crippen LogP contribution is 2.32. The van der Waals surface area contributed by atoms with Gasteiger partial charge in [0.25, 0.3) is 5.91 Å². The average Bonchev–Trinajstić information content (AvgIpc) is 2.80. The first kappa shape index (κ1) is 24.9. The van der Waals surface area contributed by atoms with Gasteiger partial charge in [-0.2, -0.15) is 11.8 Å². The molecule has 1 atom stereocenters. The number of nitrogens with one attached hydrogen (secondary N) is 2. The molecule has 0 unspecified atom stereocenters. The number of thioether (sulfide) groups is 1. The molecule has 2 aromatic carbocycles. The number of amides is 1. The highest BCUT2D eigenvalue weighted by molar-refractivity contribution is 7.98. The molecule has 0 aliphatic carbocycles. The molecule has 0 fully saturated rings. The van der Waals surface area contributed by atoms with Crippen molar-refractivity contribution in [1.82, 2.24) is 10.6 Å². The molecule has 1 aliphatic heterocycles. The Morgan fingerprint density at radius 3 is 2.55 bits per heavy atom. The van der Waals surface area contributed by atoms with Gasteiger partial charge in [-0.15, -0.1) is 0 Å². The predicted octanol–water partition coefficient (Wildman–Crippen LogP) is 3.69. The zero-order chi connectivity index (χ0) is 24.0. The Bertz CT molecular complexity index is 1030. The molecule has 0 bridgehead atoms. The van der Waals surface area contributed by atoms with E-state index in [4.69, 9.17) is 4.74 Å². The first-order valence-corrected chi connectivity index (χ1v) is 12.4. The summed E-state index contributed by atoms with van der Waals surface area (Å²) in [5.41, 5.74) is 3.63. The van der Waals surface area contributed by atoms with E-state index >= 15 is 0 Å². The van der Waals surface area contributed by atoms with Crippen molar-refractivity contribution < 1.29 is 19.4 Å². The lowest BCUT2D eigenvalue weighted by Gasteiger charge is -2.35. The summed E-state index contributed by atoms with van der Waals surface area (Å²) >= 11 is 1.67. The summed E-state index contributed by atoms with van der Waals surface area (Å²) in [6.07, 6.45) is 5.13. The molecule has 0 spiro atoms. The highest BCUT2D eigenvalue weighted by Gasteiger charge is 2.28. The molecule has 3 rings (SSSR count). The SMILES string of the molecule is COc1ccc2c(c1)/C(=C/C(=O)c1ccc(C(=O)N[C@H](CO)CCSC)cc1)NC(C)(C)C2. The van der Waals surface area contributed by atoms with Gasteiger partial charge in [0.15, 0.2) is 5.78 Å². The van der Waals surface area contributed by atoms with Gasteiger partial charge in [-0.1, -0.05) is 18.2 Å². The molecule has 1 aliphatic rings. The minimum Gasteiger partial charge on any atom is -0.497 e. The second-order valence-corrected chi connectivity index (χ2v) is 9.83. The summed E-state index contributed by atoms with van der Waals surface area (Å²) in [5, 5.41) is 15.8. The normalized spacial score (nSPS) is 16.5. The van der Waals surface area contributed by atoms with Crippen LogP contribution in [0.25, 0.3) is 5.70 Å². The third-order valence-electron chi connectivity index (χ3n) is 5.65. The van der Waals surface area contributed by atoms with Gasteiger partial charge in [0.1, 0.15) is 5.75 Å². The first-order chi connectivity index (χ1) is 15.8. The number of aliphatic hydroxyl groups is 1. The molecule has 176 valence electrons. The number of carbonyl (C=O) groups is 2. The number of benzene rings is 2. The van der Waals surface area contributed by atoms with Gasteiger partial charge in [0.2, 0.25) is 0 Å². The standard InChI is InChI=1S/C26H32N2O4S/c1-26(2)15-19-9-10-21(32-3)13-22(19)23(28-26)14-24(30)17-5-7-18(8-6-17)25(31)27-20(16-29)11-12-33-4/h5-10,13-14,20,28-29H,11-12,15-16H2,1-4H3,(H,27,31)/b23-14-/t20-/m0/s1. The van der Waals surface area contributed by atoms with Gasteiger partial charge in [0.05, 0.1) is 19.8 Å². The Morgan fingerprint density at radius 2 is 1.91 bits per heavy atom. The zero-order valence-electron chi connectivity index (χ0n) is 19.6. The summed E-state index contributed by atoms with van der Waals surface area (Å²) in [4.78, 5) is 25.5. The number of ketones is 1. The van der Waals surface area contributed by atoms with Crippen molar-refractivity contribution in [2.75, 3.05) is 25.7 Å². The number of ether oxygens (including phenoxy) is 1. The molecule has 1 heterocycles. The quantitative estimate of drug-likeness (QED) is 0.384. The Morgan fingerprint density at radius 1 is 1.21 bits per heavy atom. The molecule has 0 saturated carbocycles. The summed E-state index contributed by atoms with van der Waals surface area (Å²) in [6, 6.07) is 12.2. The molecule has 7 heteroatoms. The predicted molar refractivity (Wildman–Crippen MR) is 134 cm³/mol. The van der Waals surface area contributed by atoms with E-state index in [9.17, 15) is 14.7 Å². The fraction of sp³-hybridized carbons (Fsp3) is 0.385. The van der Waals surface area contributed by atoms with Crippen molar-refractivity contribution in [1.29, 1.82) is 0 Å². The fourth-order valence-corrected chi connectivity index (χ4v) is 4.41. The monoisotopic (exact) mass is 468 g/mol. The summed E-state index contributed by atoms with van der Waals surface area (Å²) in [5.74, 6) is 1.18. The maximum Gasteiger partial charge on any atom is 0.251 e. The molecular formula is C26H32N2O4S. The van der Waals surface area contributed by atoms with Gasteiger partial charge >= 0.3 is 0 Å². The van der Waals surface area contributed by atoms with Crippen LogP contribution in [0.1, 0.15) is 52.1 Å². The largest absolute Gasteiger partial charge is 0.497 e. The van der Waals surface area contributed by atoms with E-state index in [0.717, 1.165) is 34.7 Å². The van der Waals surface area contributed by atoms with Crippen molar-refractivity contribution in [3.63, 3.8) is 0 Å². The fourth-order valence-electron chi connectivity index (χ4n) is 3.89. The lowest BCUT2D eigenvalue weighted by atomic mass is 9.85. The number of rotatable bonds is 9. The van der Waals surface area contributed by atoms with Crippen molar-refractivity contribution in [3.8, 4) is 5.75 Å². The van der Waals surface area contributed by atoms with E-state index in [1.165, 1.54) is 0 Å². The van der Waals surface area contributed by atoms with Crippen LogP contribution < -0.4 is 15.4 Å². The molecule has 1 amide bonds. The Labute approximate surface area is 199 Å². The molecule has 0 aromatic heterocycles. The van der Waals surface area contributed by atoms with Crippen LogP contribution in [0.4, 0.5) is 0 Å². The second-order valence-electron chi connectivity index (χ2n) is 8.84. The topological polar surface area (TPSA) is 87.7 Å². The van der Waals surface area contributed by atoms with Crippen LogP contribution in [0.3, 0.4) is 0 Å². The van der Waals surface area contributed by atoms with Crippen molar-refractivity contribution >= 4 is 29.1 Å². The molecule has 33 heavy (non-hydrogen) atoms. The van der Waals surface area contributed by atoms with Gasteiger partial charge < -0.3 is 20.5 Å². The van der Waals surface area contributed by atoms with Crippen LogP contribution in [0.5, 0.6) is 5.75 Å². The Balaban J connectivity index is 1.78. The van der Waals surface area contributed by atoms with E-state index in [-0.39, 0.29) is 29.9 Å². The van der Waals surface area contributed by atoms with Gasteiger partial charge in [-0.25, -0.2) is 0 Å². The van der Waals surface area contributed by atoms with Crippen LogP contribution in [-0.2, 0) is 6.42 Å². The van der Waals surface area contributed by atoms with E-state index in [0.29, 0.717) is 17.5 Å². The van der Waals surface area contributed by atoms with Crippen molar-refractivity contribution in [3.05, 3.63) is 70.8 Å². The number of methoxy groups -OCH3 is 1. The van der Waals surface area contributed by atoms with Crippen LogP contribution in [0, 0.1) is 0 Å². The van der Waals surface area contributed by atoms with E-state index in [2.05, 4.69) is 24.5 Å². The van der Waals surface area contributed by atoms with Crippen molar-refractivity contribution in [2.45, 2.75) is 38.3 Å². The van der Waals surface area contributed by atoms with Crippen LogP contribution in [-0.4, -0.2) is 54.1 Å². The van der Waals surface area contributed by atoms with E-state index in [1.807, 2.05) is 24.5 Å². The maximum absolute atomic E-state index is 13.0. The molecular weight excluding hydrogens is 436 g/mol. The summed E-state index contributed by atoms with van der Waals surface area (Å²) in [7, 11) is 1.62. The van der Waals surface area contributed by atoms with Gasteiger partial charge in [0, 0.05) is 34.0 Å². The van der Waals surface area contributed by atoms with Crippen molar-refractivity contribution in [2.24, 2.45) is 0 Å². The third kappa shape index (κ3) is 6.39. The average molecular weight is 469 g/mol. The maximum atomic E-state index is 13.0. The lowest BCUT2D eigenvalue weighted by Crippen LogP contribution is -2.43. The Hall–Kier alpha value is -2.77. The molecule has 0 radical (unpaired) electrons. The number of allylic oxidation sites excluding steroid dienone is 1. The molecule has 3 N–H and O–H groups in total. The van der Waals surface area contributed by atoms with E-state index < -0.39 is 0 Å². The van der Waals surface area contributed by atoms with Crippen LogP contribution in [0.2, 0.25) is 0 Å². The molecule has 0 saturated heterocycles. The minimum absolute atomic E-state index is 0.105. The summed E-state index contributed by atoms with van der Waals surface area (Å²) < 4.78 is 5.37. The Kier molecular flexibility index (Phi) is 8.21. The van der Waals surface area contributed by atoms with Crippen LogP contribution in [0.15, 0.2) is 48.5 Å². The molecule has 2 aromatic rings. The number of hydrogen-bond acceptors (Lipinski definition) is 6. The molecule has 6 nitrogen and oxygen atoms in total. The second kappa shape index (κ2) is 10.9. The third-order valence-corrected chi connectivity index (χ3v) is 6.29. The summed E-state index contributed by atoms with van der Waals surface area (Å²) in [6.45, 7) is 4.10. The van der Waals surface area contributed by atoms with E-state index in [1.54, 1.807) is 49.2 Å². The number of carbonyl (C=O) groups excluding carboxylic acids is 2. The number of aliphatic hydroxyl groups excluding tert-OH is 1. The smallest absolute Gasteiger partial charge is 0.251 e. The number of hydrogen-bond donors (Lipinski definition) is 3. The first-order valence-electron chi connectivity index (χ1n) is 11.0. The number of fused-ring (bicyclic) bond motifs is 1. The van der Waals surface area contributed by atoms with Gasteiger partial charge in [-0.3, -0.25) is 9.59 Å². The zero-order valence-corrected chi connectivity index (χ0v) is 20.4. The van der Waals surface area contributed by atoms with Gasteiger partial charge in [-0.05, 0) is 68.5 Å². The van der Waals surface area contributed by atoms with Crippen LogP contribution >= 0.6 is 11.8 Å². The highest BCUT2D eigenvalue weighted by atomic mass is 32.2. The lowest BCUT2D eigenvalue weighted by molar-refractivity contribution is 0.0914.